The highest BCUT2D eigenvalue weighted by Crippen LogP contribution is 2.45. The summed E-state index contributed by atoms with van der Waals surface area (Å²) in [6, 6.07) is 8.32. The third-order valence-electron chi connectivity index (χ3n) is 7.09. The minimum absolute atomic E-state index is 0.0469. The molecular weight excluding hydrogens is 437 g/mol. The van der Waals surface area contributed by atoms with Gasteiger partial charge in [-0.15, -0.1) is 0 Å². The molecule has 1 saturated heterocycles. The quantitative estimate of drug-likeness (QED) is 0.523. The topological polar surface area (TPSA) is 73.7 Å². The number of hydrogen-bond acceptors (Lipinski definition) is 6. The first-order chi connectivity index (χ1) is 16.1. The number of benzene rings is 1. The smallest absolute Gasteiger partial charge is 0.304 e. The minimum Gasteiger partial charge on any atom is -0.304 e. The van der Waals surface area contributed by atoms with Crippen LogP contribution < -0.4 is 11.0 Å². The Labute approximate surface area is 197 Å². The molecule has 2 aliphatic rings. The molecule has 0 bridgehead atoms. The van der Waals surface area contributed by atoms with Gasteiger partial charge < -0.3 is 18.5 Å². The molecule has 1 aromatic heterocycles. The molecule has 1 saturated carbocycles. The van der Waals surface area contributed by atoms with Gasteiger partial charge >= 0.3 is 7.60 Å². The summed E-state index contributed by atoms with van der Waals surface area (Å²) in [5.41, 5.74) is 1.00. The Bertz CT molecular complexity index is 1010. The molecule has 0 spiro atoms. The van der Waals surface area contributed by atoms with E-state index in [1.165, 1.54) is 44.9 Å². The Morgan fingerprint density at radius 3 is 2.15 bits per heavy atom. The molecule has 1 aliphatic carbocycles. The lowest BCUT2D eigenvalue weighted by atomic mass is 9.93. The first-order valence-electron chi connectivity index (χ1n) is 12.7. The molecule has 1 aliphatic heterocycles. The molecule has 4 rings (SSSR count). The van der Waals surface area contributed by atoms with Crippen molar-refractivity contribution in [3.63, 3.8) is 0 Å². The molecule has 8 heteroatoms. The van der Waals surface area contributed by atoms with Crippen LogP contribution in [-0.4, -0.2) is 46.8 Å². The maximum absolute atomic E-state index is 13.7. The Morgan fingerprint density at radius 2 is 1.52 bits per heavy atom. The summed E-state index contributed by atoms with van der Waals surface area (Å²) in [5, 5.41) is 0. The van der Waals surface area contributed by atoms with E-state index < -0.39 is 7.60 Å². The molecule has 0 radical (unpaired) electrons. The average molecular weight is 476 g/mol. The lowest BCUT2D eigenvalue weighted by Gasteiger charge is -2.39. The van der Waals surface area contributed by atoms with E-state index in [0.29, 0.717) is 11.6 Å². The van der Waals surface area contributed by atoms with Gasteiger partial charge in [0.1, 0.15) is 0 Å². The zero-order valence-corrected chi connectivity index (χ0v) is 21.0. The highest BCUT2D eigenvalue weighted by atomic mass is 31.2. The fraction of sp³-hybridized carbons (Fsp3) is 0.680. The zero-order chi connectivity index (χ0) is 23.3. The summed E-state index contributed by atoms with van der Waals surface area (Å²) in [6.45, 7) is 5.84. The Kier molecular flexibility index (Phi) is 8.39. The van der Waals surface area contributed by atoms with Crippen LogP contribution in [0.2, 0.25) is 0 Å². The van der Waals surface area contributed by atoms with Crippen molar-refractivity contribution in [3.8, 4) is 0 Å². The van der Waals surface area contributed by atoms with Gasteiger partial charge in [0.05, 0.1) is 24.2 Å². The van der Waals surface area contributed by atoms with Crippen molar-refractivity contribution in [2.75, 3.05) is 26.3 Å². The van der Waals surface area contributed by atoms with E-state index in [1.807, 2.05) is 28.8 Å². The van der Waals surface area contributed by atoms with Crippen LogP contribution in [0.25, 0.3) is 11.0 Å². The van der Waals surface area contributed by atoms with Gasteiger partial charge in [-0.05, 0) is 51.7 Å². The van der Waals surface area contributed by atoms with Crippen molar-refractivity contribution in [2.24, 2.45) is 0 Å². The molecule has 1 aromatic carbocycles. The fourth-order valence-electron chi connectivity index (χ4n) is 5.49. The van der Waals surface area contributed by atoms with Crippen LogP contribution in [0, 0.1) is 0 Å². The van der Waals surface area contributed by atoms with E-state index in [2.05, 4.69) is 9.88 Å². The molecule has 182 valence electrons. The van der Waals surface area contributed by atoms with Gasteiger partial charge in [0.25, 0.3) is 5.56 Å². The van der Waals surface area contributed by atoms with Crippen molar-refractivity contribution < 1.29 is 13.6 Å². The predicted octanol–water partition coefficient (Wildman–Crippen LogP) is 5.04. The van der Waals surface area contributed by atoms with E-state index in [4.69, 9.17) is 9.05 Å². The summed E-state index contributed by atoms with van der Waals surface area (Å²) < 4.78 is 26.3. The third kappa shape index (κ3) is 5.43. The van der Waals surface area contributed by atoms with Crippen LogP contribution in [0.1, 0.15) is 77.7 Å². The predicted molar refractivity (Wildman–Crippen MR) is 132 cm³/mol. The molecule has 2 heterocycles. The number of rotatable bonds is 7. The van der Waals surface area contributed by atoms with Crippen molar-refractivity contribution >= 4 is 24.1 Å². The highest BCUT2D eigenvalue weighted by Gasteiger charge is 2.35. The minimum atomic E-state index is -3.79. The molecule has 2 fully saturated rings. The van der Waals surface area contributed by atoms with E-state index in [-0.39, 0.29) is 30.2 Å². The van der Waals surface area contributed by atoms with Crippen LogP contribution in [0.15, 0.2) is 29.1 Å². The molecule has 33 heavy (non-hydrogen) atoms. The number of hydrogen-bond donors (Lipinski definition) is 0. The molecule has 7 nitrogen and oxygen atoms in total. The van der Waals surface area contributed by atoms with Crippen LogP contribution in [0.4, 0.5) is 0 Å². The van der Waals surface area contributed by atoms with Crippen LogP contribution >= 0.6 is 7.60 Å². The van der Waals surface area contributed by atoms with Crippen molar-refractivity contribution in [1.29, 1.82) is 0 Å². The lowest BCUT2D eigenvalue weighted by molar-refractivity contribution is 0.116. The molecule has 0 unspecified atom stereocenters. The SMILES string of the molecule is CCOP(=O)(OCC)c1nc2ccccc2n(C2CCN(C3CCCCCCC3)CC2)c1=O. The molecule has 2 aromatic rings. The van der Waals surface area contributed by atoms with Crippen LogP contribution in [0.5, 0.6) is 0 Å². The van der Waals surface area contributed by atoms with E-state index >= 15 is 0 Å². The van der Waals surface area contributed by atoms with Gasteiger partial charge in [-0.25, -0.2) is 4.98 Å². The van der Waals surface area contributed by atoms with Gasteiger partial charge in [0.15, 0.2) is 0 Å². The van der Waals surface area contributed by atoms with Gasteiger partial charge in [-0.1, -0.05) is 44.2 Å². The third-order valence-corrected chi connectivity index (χ3v) is 9.10. The van der Waals surface area contributed by atoms with Crippen molar-refractivity contribution in [3.05, 3.63) is 34.6 Å². The Morgan fingerprint density at radius 1 is 0.909 bits per heavy atom. The largest absolute Gasteiger partial charge is 0.385 e. The van der Waals surface area contributed by atoms with E-state index in [0.717, 1.165) is 31.4 Å². The monoisotopic (exact) mass is 475 g/mol. The summed E-state index contributed by atoms with van der Waals surface area (Å²) in [5.74, 6) is 0. The second kappa shape index (κ2) is 11.3. The first kappa shape index (κ1) is 24.6. The molecule has 0 N–H and O–H groups in total. The van der Waals surface area contributed by atoms with E-state index in [1.54, 1.807) is 13.8 Å². The van der Waals surface area contributed by atoms with E-state index in [9.17, 15) is 9.36 Å². The Hall–Kier alpha value is -1.53. The standard InChI is InChI=1S/C25H38N3O4P/c1-3-31-33(30,32-4-2)24-25(29)28(23-15-11-10-14-22(23)26-24)21-16-18-27(19-17-21)20-12-8-6-5-7-9-13-20/h10-11,14-15,20-21H,3-9,12-13,16-19H2,1-2H3. The maximum Gasteiger partial charge on any atom is 0.385 e. The van der Waals surface area contributed by atoms with Gasteiger partial charge in [-0.3, -0.25) is 9.36 Å². The van der Waals surface area contributed by atoms with Crippen molar-refractivity contribution in [1.82, 2.24) is 14.5 Å². The normalized spacial score (nSPS) is 20.1. The summed E-state index contributed by atoms with van der Waals surface area (Å²) in [6.07, 6.45) is 11.1. The fourth-order valence-corrected chi connectivity index (χ4v) is 7.06. The highest BCUT2D eigenvalue weighted by molar-refractivity contribution is 7.61. The Balaban J connectivity index is 1.64. The number of likely N-dealkylation sites (tertiary alicyclic amines) is 1. The molecule has 0 atom stereocenters. The summed E-state index contributed by atoms with van der Waals surface area (Å²) in [7, 11) is -3.79. The average Bonchev–Trinajstić information content (AvgIpc) is 2.79. The summed E-state index contributed by atoms with van der Waals surface area (Å²) >= 11 is 0. The molecular formula is C25H38N3O4P. The van der Waals surface area contributed by atoms with Gasteiger partial charge in [-0.2, -0.15) is 0 Å². The van der Waals surface area contributed by atoms with Crippen molar-refractivity contribution in [2.45, 2.75) is 83.7 Å². The summed E-state index contributed by atoms with van der Waals surface area (Å²) in [4.78, 5) is 20.8. The number of nitrogens with zero attached hydrogens (tertiary/aromatic N) is 3. The zero-order valence-electron chi connectivity index (χ0n) is 20.1. The number of piperidine rings is 1. The second-order valence-electron chi connectivity index (χ2n) is 9.20. The van der Waals surface area contributed by atoms with Gasteiger partial charge in [0.2, 0.25) is 5.44 Å². The maximum atomic E-state index is 13.7. The number of para-hydroxylation sites is 2. The number of aromatic nitrogens is 2. The first-order valence-corrected chi connectivity index (χ1v) is 14.3. The second-order valence-corrected chi connectivity index (χ2v) is 11.1. The number of fused-ring (bicyclic) bond motifs is 1. The van der Waals surface area contributed by atoms with Crippen LogP contribution in [0.3, 0.4) is 0 Å². The lowest BCUT2D eigenvalue weighted by Crippen LogP contribution is -2.45. The van der Waals surface area contributed by atoms with Crippen LogP contribution in [-0.2, 0) is 13.6 Å². The molecule has 0 amide bonds. The van der Waals surface area contributed by atoms with Gasteiger partial charge in [0, 0.05) is 25.2 Å².